The first kappa shape index (κ1) is 14.0. The number of nitrogens with zero attached hydrogens (tertiary/aromatic N) is 1. The topological polar surface area (TPSA) is 15.3 Å². The van der Waals surface area contributed by atoms with Crippen LogP contribution in [0.2, 0.25) is 0 Å². The van der Waals surface area contributed by atoms with Crippen LogP contribution in [0.4, 0.5) is 0 Å². The van der Waals surface area contributed by atoms with Crippen LogP contribution in [-0.2, 0) is 6.54 Å². The van der Waals surface area contributed by atoms with Crippen molar-refractivity contribution in [2.75, 3.05) is 27.2 Å². The molecule has 2 aromatic rings. The summed E-state index contributed by atoms with van der Waals surface area (Å²) in [5.41, 5.74) is 1.41. The van der Waals surface area contributed by atoms with E-state index in [0.717, 1.165) is 19.6 Å². The molecule has 0 heterocycles. The van der Waals surface area contributed by atoms with E-state index in [4.69, 9.17) is 0 Å². The van der Waals surface area contributed by atoms with Crippen LogP contribution in [0.1, 0.15) is 12.5 Å². The third-order valence-corrected chi connectivity index (χ3v) is 3.50. The van der Waals surface area contributed by atoms with Gasteiger partial charge in [0, 0.05) is 13.1 Å². The fraction of sp³-hybridized carbons (Fsp3) is 0.412. The Labute approximate surface area is 116 Å². The van der Waals surface area contributed by atoms with E-state index >= 15 is 0 Å². The van der Waals surface area contributed by atoms with Gasteiger partial charge in [-0.25, -0.2) is 0 Å². The van der Waals surface area contributed by atoms with Crippen LogP contribution in [-0.4, -0.2) is 32.1 Å². The third-order valence-electron chi connectivity index (χ3n) is 3.50. The molecule has 2 aromatic carbocycles. The number of fused-ring (bicyclic) bond motifs is 1. The maximum Gasteiger partial charge on any atom is 0.0236 e. The second-order valence-corrected chi connectivity index (χ2v) is 5.50. The summed E-state index contributed by atoms with van der Waals surface area (Å²) in [5, 5.41) is 5.94. The van der Waals surface area contributed by atoms with E-state index in [9.17, 15) is 0 Å². The van der Waals surface area contributed by atoms with E-state index in [2.05, 4.69) is 66.7 Å². The van der Waals surface area contributed by atoms with Crippen molar-refractivity contribution >= 4 is 10.8 Å². The van der Waals surface area contributed by atoms with Crippen molar-refractivity contribution in [3.05, 3.63) is 48.0 Å². The predicted molar refractivity (Wildman–Crippen MR) is 83.4 cm³/mol. The molecule has 0 aliphatic carbocycles. The fourth-order valence-electron chi connectivity index (χ4n) is 2.73. The Morgan fingerprint density at radius 3 is 2.63 bits per heavy atom. The normalized spacial score (nSPS) is 13.1. The molecule has 1 unspecified atom stereocenters. The highest BCUT2D eigenvalue weighted by molar-refractivity contribution is 5.85. The minimum Gasteiger partial charge on any atom is -0.319 e. The van der Waals surface area contributed by atoms with E-state index in [1.807, 2.05) is 7.05 Å². The molecule has 0 amide bonds. The summed E-state index contributed by atoms with van der Waals surface area (Å²) in [6.45, 7) is 5.48. The molecular formula is C17H24N2. The van der Waals surface area contributed by atoms with Crippen molar-refractivity contribution in [2.45, 2.75) is 13.5 Å². The van der Waals surface area contributed by atoms with Crippen LogP contribution in [0.15, 0.2) is 42.5 Å². The van der Waals surface area contributed by atoms with Crippen molar-refractivity contribution in [1.82, 2.24) is 10.2 Å². The Balaban J connectivity index is 2.08. The zero-order valence-corrected chi connectivity index (χ0v) is 12.2. The molecule has 19 heavy (non-hydrogen) atoms. The van der Waals surface area contributed by atoms with E-state index in [1.165, 1.54) is 16.3 Å². The second-order valence-electron chi connectivity index (χ2n) is 5.50. The third kappa shape index (κ3) is 3.79. The van der Waals surface area contributed by atoms with Crippen LogP contribution in [0, 0.1) is 5.92 Å². The highest BCUT2D eigenvalue weighted by Crippen LogP contribution is 2.19. The summed E-state index contributed by atoms with van der Waals surface area (Å²) in [5.74, 6) is 0.671. The lowest BCUT2D eigenvalue weighted by Gasteiger charge is -2.22. The summed E-state index contributed by atoms with van der Waals surface area (Å²) < 4.78 is 0. The first-order valence-corrected chi connectivity index (χ1v) is 7.00. The predicted octanol–water partition coefficient (Wildman–Crippen LogP) is 3.13. The van der Waals surface area contributed by atoms with E-state index in [-0.39, 0.29) is 0 Å². The summed E-state index contributed by atoms with van der Waals surface area (Å²) in [4.78, 5) is 2.41. The molecule has 1 N–H and O–H groups in total. The molecule has 0 spiro atoms. The zero-order chi connectivity index (χ0) is 13.7. The molecule has 2 rings (SSSR count). The van der Waals surface area contributed by atoms with Crippen LogP contribution in [0.25, 0.3) is 10.8 Å². The van der Waals surface area contributed by atoms with Crippen molar-refractivity contribution in [2.24, 2.45) is 5.92 Å². The van der Waals surface area contributed by atoms with Crippen LogP contribution in [0.5, 0.6) is 0 Å². The lowest BCUT2D eigenvalue weighted by atomic mass is 10.0. The van der Waals surface area contributed by atoms with Gasteiger partial charge in [0.05, 0.1) is 0 Å². The van der Waals surface area contributed by atoms with Gasteiger partial charge < -0.3 is 10.2 Å². The van der Waals surface area contributed by atoms with Gasteiger partial charge in [0.15, 0.2) is 0 Å². The maximum atomic E-state index is 3.24. The van der Waals surface area contributed by atoms with Gasteiger partial charge in [-0.05, 0) is 42.9 Å². The van der Waals surface area contributed by atoms with Crippen LogP contribution in [0.3, 0.4) is 0 Å². The molecule has 2 nitrogen and oxygen atoms in total. The number of hydrogen-bond donors (Lipinski definition) is 1. The molecular weight excluding hydrogens is 232 g/mol. The van der Waals surface area contributed by atoms with Gasteiger partial charge in [0.2, 0.25) is 0 Å². The number of nitrogens with one attached hydrogen (secondary N) is 1. The molecule has 0 aliphatic heterocycles. The Hall–Kier alpha value is -1.38. The molecule has 102 valence electrons. The van der Waals surface area contributed by atoms with Gasteiger partial charge in [-0.3, -0.25) is 0 Å². The molecule has 0 bridgehead atoms. The molecule has 1 atom stereocenters. The van der Waals surface area contributed by atoms with Gasteiger partial charge in [-0.15, -0.1) is 0 Å². The van der Waals surface area contributed by atoms with Crippen molar-refractivity contribution in [3.63, 3.8) is 0 Å². The monoisotopic (exact) mass is 256 g/mol. The highest BCUT2D eigenvalue weighted by Gasteiger charge is 2.08. The van der Waals surface area contributed by atoms with Gasteiger partial charge in [0.1, 0.15) is 0 Å². The highest BCUT2D eigenvalue weighted by atomic mass is 15.1. The average Bonchev–Trinajstić information content (AvgIpc) is 2.39. The minimum atomic E-state index is 0.671. The fourth-order valence-corrected chi connectivity index (χ4v) is 2.73. The number of hydrogen-bond acceptors (Lipinski definition) is 2. The van der Waals surface area contributed by atoms with Crippen molar-refractivity contribution < 1.29 is 0 Å². The number of rotatable bonds is 6. The van der Waals surface area contributed by atoms with Gasteiger partial charge >= 0.3 is 0 Å². The molecule has 0 radical (unpaired) electrons. The summed E-state index contributed by atoms with van der Waals surface area (Å²) >= 11 is 0. The first-order chi connectivity index (χ1) is 9.20. The largest absolute Gasteiger partial charge is 0.319 e. The van der Waals surface area contributed by atoms with Crippen LogP contribution < -0.4 is 5.32 Å². The Kier molecular flexibility index (Phi) is 4.94. The first-order valence-electron chi connectivity index (χ1n) is 7.00. The van der Waals surface area contributed by atoms with Gasteiger partial charge in [-0.1, -0.05) is 49.4 Å². The molecule has 0 saturated heterocycles. The Morgan fingerprint density at radius 2 is 1.84 bits per heavy atom. The summed E-state index contributed by atoms with van der Waals surface area (Å²) in [6, 6.07) is 15.2. The van der Waals surface area contributed by atoms with E-state index in [1.54, 1.807) is 0 Å². The summed E-state index contributed by atoms with van der Waals surface area (Å²) in [7, 11) is 4.22. The summed E-state index contributed by atoms with van der Waals surface area (Å²) in [6.07, 6.45) is 0. The average molecular weight is 256 g/mol. The maximum absolute atomic E-state index is 3.24. The Bertz CT molecular complexity index is 516. The molecule has 2 heteroatoms. The smallest absolute Gasteiger partial charge is 0.0236 e. The van der Waals surface area contributed by atoms with Gasteiger partial charge in [0.25, 0.3) is 0 Å². The molecule has 0 saturated carbocycles. The second kappa shape index (κ2) is 6.69. The quantitative estimate of drug-likeness (QED) is 0.854. The standard InChI is InChI=1S/C17H24N2/c1-14(11-18-2)12-19(3)13-16-9-6-8-15-7-4-5-10-17(15)16/h4-10,14,18H,11-13H2,1-3H3. The molecule has 0 aliphatic rings. The Morgan fingerprint density at radius 1 is 1.11 bits per heavy atom. The van der Waals surface area contributed by atoms with Gasteiger partial charge in [-0.2, -0.15) is 0 Å². The molecule has 0 fully saturated rings. The van der Waals surface area contributed by atoms with Crippen molar-refractivity contribution in [3.8, 4) is 0 Å². The van der Waals surface area contributed by atoms with E-state index < -0.39 is 0 Å². The minimum absolute atomic E-state index is 0.671. The SMILES string of the molecule is CNCC(C)CN(C)Cc1cccc2ccccc12. The number of benzene rings is 2. The lowest BCUT2D eigenvalue weighted by Crippen LogP contribution is -2.29. The molecule has 0 aromatic heterocycles. The van der Waals surface area contributed by atoms with Crippen molar-refractivity contribution in [1.29, 1.82) is 0 Å². The van der Waals surface area contributed by atoms with E-state index in [0.29, 0.717) is 5.92 Å². The lowest BCUT2D eigenvalue weighted by molar-refractivity contribution is 0.277. The zero-order valence-electron chi connectivity index (χ0n) is 12.2. The van der Waals surface area contributed by atoms with Crippen LogP contribution >= 0.6 is 0 Å².